The van der Waals surface area contributed by atoms with Crippen molar-refractivity contribution in [2.24, 2.45) is 0 Å². The molecule has 0 aromatic carbocycles. The molecule has 1 aliphatic carbocycles. The summed E-state index contributed by atoms with van der Waals surface area (Å²) in [6.45, 7) is 0.657. The van der Waals surface area contributed by atoms with Gasteiger partial charge in [-0.1, -0.05) is 0 Å². The largest absolute Gasteiger partial charge is 0.392 e. The van der Waals surface area contributed by atoms with E-state index in [1.807, 2.05) is 0 Å². The minimum atomic E-state index is -0.241. The molecular weight excluding hydrogens is 180 g/mol. The van der Waals surface area contributed by atoms with E-state index in [0.717, 1.165) is 18.1 Å². The normalized spacial score (nSPS) is 32.4. The third-order valence-corrected chi connectivity index (χ3v) is 2.90. The van der Waals surface area contributed by atoms with Crippen LogP contribution in [0.3, 0.4) is 0 Å². The van der Waals surface area contributed by atoms with Gasteiger partial charge in [0.25, 0.3) is 0 Å². The summed E-state index contributed by atoms with van der Waals surface area (Å²) in [6, 6.07) is 0.157. The Morgan fingerprint density at radius 1 is 1.36 bits per heavy atom. The molecule has 76 valence electrons. The molecule has 5 heteroatoms. The van der Waals surface area contributed by atoms with Gasteiger partial charge in [0.1, 0.15) is 5.82 Å². The second kappa shape index (κ2) is 3.03. The van der Waals surface area contributed by atoms with E-state index in [9.17, 15) is 5.11 Å². The average molecular weight is 194 g/mol. The maximum absolute atomic E-state index is 9.36. The summed E-state index contributed by atoms with van der Waals surface area (Å²) in [6.07, 6.45) is 2.93. The highest BCUT2D eigenvalue weighted by molar-refractivity contribution is 5.08. The molecule has 0 bridgehead atoms. The summed E-state index contributed by atoms with van der Waals surface area (Å²) >= 11 is 0. The Morgan fingerprint density at radius 2 is 2.21 bits per heavy atom. The zero-order chi connectivity index (χ0) is 9.54. The molecule has 0 spiro atoms. The van der Waals surface area contributed by atoms with Gasteiger partial charge in [-0.25, -0.2) is 4.98 Å². The third-order valence-electron chi connectivity index (χ3n) is 2.90. The van der Waals surface area contributed by atoms with E-state index >= 15 is 0 Å². The third kappa shape index (κ3) is 1.42. The first kappa shape index (κ1) is 8.38. The van der Waals surface area contributed by atoms with Crippen molar-refractivity contribution < 1.29 is 5.11 Å². The summed E-state index contributed by atoms with van der Waals surface area (Å²) in [5.74, 6) is 2.41. The van der Waals surface area contributed by atoms with Gasteiger partial charge in [0, 0.05) is 12.5 Å². The summed E-state index contributed by atoms with van der Waals surface area (Å²) in [4.78, 5) is 4.45. The number of nitrogens with zero attached hydrogens (tertiary/aromatic N) is 2. The van der Waals surface area contributed by atoms with Gasteiger partial charge in [-0.15, -0.1) is 0 Å². The van der Waals surface area contributed by atoms with Gasteiger partial charge in [0.05, 0.1) is 12.1 Å². The number of β-amino-alcohol motifs (C(OH)–C–C–N with tert-alkyl or cyclic N) is 1. The van der Waals surface area contributed by atoms with Crippen molar-refractivity contribution in [3.63, 3.8) is 0 Å². The number of H-pyrrole nitrogens is 1. The van der Waals surface area contributed by atoms with Crippen LogP contribution in [-0.2, 0) is 0 Å². The second-order valence-electron chi connectivity index (χ2n) is 4.20. The minimum absolute atomic E-state index is 0.157. The summed E-state index contributed by atoms with van der Waals surface area (Å²) in [5.41, 5.74) is 0. The van der Waals surface area contributed by atoms with Gasteiger partial charge in [-0.3, -0.25) is 5.10 Å². The van der Waals surface area contributed by atoms with Crippen LogP contribution < -0.4 is 5.32 Å². The molecule has 2 heterocycles. The lowest BCUT2D eigenvalue weighted by molar-refractivity contribution is 0.193. The molecule has 1 unspecified atom stereocenters. The predicted molar refractivity (Wildman–Crippen MR) is 49.7 cm³/mol. The molecule has 2 aliphatic rings. The van der Waals surface area contributed by atoms with Crippen LogP contribution in [0, 0.1) is 0 Å². The lowest BCUT2D eigenvalue weighted by Crippen LogP contribution is -2.15. The Kier molecular flexibility index (Phi) is 1.81. The molecule has 2 atom stereocenters. The first-order valence-electron chi connectivity index (χ1n) is 5.16. The van der Waals surface area contributed by atoms with E-state index in [1.54, 1.807) is 0 Å². The number of aliphatic hydroxyl groups is 1. The Bertz CT molecular complexity index is 333. The molecular formula is C9H14N4O. The van der Waals surface area contributed by atoms with Crippen molar-refractivity contribution in [3.05, 3.63) is 11.6 Å². The lowest BCUT2D eigenvalue weighted by atomic mass is 10.2. The fourth-order valence-corrected chi connectivity index (χ4v) is 1.89. The zero-order valence-corrected chi connectivity index (χ0v) is 7.90. The number of aromatic nitrogens is 3. The van der Waals surface area contributed by atoms with Crippen molar-refractivity contribution >= 4 is 0 Å². The smallest absolute Gasteiger partial charge is 0.153 e. The molecule has 5 nitrogen and oxygen atoms in total. The molecule has 1 aromatic rings. The van der Waals surface area contributed by atoms with Crippen LogP contribution in [0.15, 0.2) is 0 Å². The average Bonchev–Trinajstić information content (AvgIpc) is 2.76. The molecule has 0 radical (unpaired) electrons. The highest BCUT2D eigenvalue weighted by Crippen LogP contribution is 2.38. The van der Waals surface area contributed by atoms with E-state index in [4.69, 9.17) is 0 Å². The van der Waals surface area contributed by atoms with Crippen molar-refractivity contribution in [3.8, 4) is 0 Å². The van der Waals surface area contributed by atoms with Crippen molar-refractivity contribution in [1.82, 2.24) is 20.5 Å². The van der Waals surface area contributed by atoms with E-state index in [1.165, 1.54) is 12.8 Å². The van der Waals surface area contributed by atoms with Gasteiger partial charge < -0.3 is 10.4 Å². The standard InChI is InChI=1S/C9H14N4O/c14-6-3-7(10-4-6)9-11-8(12-13-9)5-1-2-5/h5-7,10,14H,1-4H2,(H,11,12,13)/t6?,7-/m0/s1. The van der Waals surface area contributed by atoms with Crippen LogP contribution in [0.4, 0.5) is 0 Å². The summed E-state index contributed by atoms with van der Waals surface area (Å²) in [5, 5.41) is 19.7. The first-order chi connectivity index (χ1) is 6.83. The number of aromatic amines is 1. The number of rotatable bonds is 2. The van der Waals surface area contributed by atoms with Crippen LogP contribution in [0.5, 0.6) is 0 Å². The Morgan fingerprint density at radius 3 is 2.86 bits per heavy atom. The van der Waals surface area contributed by atoms with Gasteiger partial charge in [-0.05, 0) is 19.3 Å². The minimum Gasteiger partial charge on any atom is -0.392 e. The molecule has 3 N–H and O–H groups in total. The Labute approximate surface area is 81.9 Å². The molecule has 1 aliphatic heterocycles. The van der Waals surface area contributed by atoms with E-state index in [2.05, 4.69) is 20.5 Å². The number of hydrogen-bond donors (Lipinski definition) is 3. The lowest BCUT2D eigenvalue weighted by Gasteiger charge is -2.03. The van der Waals surface area contributed by atoms with Crippen molar-refractivity contribution in [1.29, 1.82) is 0 Å². The monoisotopic (exact) mass is 194 g/mol. The molecule has 14 heavy (non-hydrogen) atoms. The quantitative estimate of drug-likeness (QED) is 0.623. The van der Waals surface area contributed by atoms with E-state index < -0.39 is 0 Å². The maximum Gasteiger partial charge on any atom is 0.153 e. The van der Waals surface area contributed by atoms with E-state index in [0.29, 0.717) is 12.5 Å². The van der Waals surface area contributed by atoms with Gasteiger partial charge in [-0.2, -0.15) is 5.10 Å². The predicted octanol–water partition coefficient (Wildman–Crippen LogP) is 0.0774. The molecule has 2 fully saturated rings. The van der Waals surface area contributed by atoms with Gasteiger partial charge >= 0.3 is 0 Å². The highest BCUT2D eigenvalue weighted by atomic mass is 16.3. The topological polar surface area (TPSA) is 73.8 Å². The van der Waals surface area contributed by atoms with Gasteiger partial charge in [0.2, 0.25) is 0 Å². The SMILES string of the molecule is OC1CN[C@H](c2nc(C3CC3)n[nH]2)C1. The van der Waals surface area contributed by atoms with Crippen LogP contribution in [-0.4, -0.2) is 32.9 Å². The second-order valence-corrected chi connectivity index (χ2v) is 4.20. The molecule has 1 saturated heterocycles. The fourth-order valence-electron chi connectivity index (χ4n) is 1.89. The highest BCUT2D eigenvalue weighted by Gasteiger charge is 2.30. The Hall–Kier alpha value is -0.940. The van der Waals surface area contributed by atoms with E-state index in [-0.39, 0.29) is 12.1 Å². The summed E-state index contributed by atoms with van der Waals surface area (Å²) < 4.78 is 0. The summed E-state index contributed by atoms with van der Waals surface area (Å²) in [7, 11) is 0. The number of hydrogen-bond acceptors (Lipinski definition) is 4. The molecule has 0 amide bonds. The van der Waals surface area contributed by atoms with Gasteiger partial charge in [0.15, 0.2) is 5.82 Å². The Balaban J connectivity index is 1.75. The molecule has 3 rings (SSSR count). The van der Waals surface area contributed by atoms with Crippen molar-refractivity contribution in [2.75, 3.05) is 6.54 Å². The van der Waals surface area contributed by atoms with Crippen LogP contribution in [0.1, 0.15) is 42.9 Å². The fraction of sp³-hybridized carbons (Fsp3) is 0.778. The molecule has 1 saturated carbocycles. The zero-order valence-electron chi connectivity index (χ0n) is 7.90. The number of aliphatic hydroxyl groups excluding tert-OH is 1. The van der Waals surface area contributed by atoms with Crippen LogP contribution in [0.2, 0.25) is 0 Å². The first-order valence-corrected chi connectivity index (χ1v) is 5.16. The van der Waals surface area contributed by atoms with Crippen LogP contribution >= 0.6 is 0 Å². The van der Waals surface area contributed by atoms with Crippen LogP contribution in [0.25, 0.3) is 0 Å². The van der Waals surface area contributed by atoms with Crippen molar-refractivity contribution in [2.45, 2.75) is 37.3 Å². The number of nitrogens with one attached hydrogen (secondary N) is 2. The molecule has 1 aromatic heterocycles. The maximum atomic E-state index is 9.36.